The van der Waals surface area contributed by atoms with E-state index in [4.69, 9.17) is 0 Å². The molecule has 3 rings (SSSR count). The van der Waals surface area contributed by atoms with Crippen LogP contribution in [0.3, 0.4) is 0 Å². The highest BCUT2D eigenvalue weighted by Gasteiger charge is 2.19. The summed E-state index contributed by atoms with van der Waals surface area (Å²) in [5, 5.41) is 2.15. The van der Waals surface area contributed by atoms with Crippen LogP contribution in [0.2, 0.25) is 0 Å². The van der Waals surface area contributed by atoms with Crippen molar-refractivity contribution in [2.75, 3.05) is 13.1 Å². The second kappa shape index (κ2) is 6.12. The van der Waals surface area contributed by atoms with Crippen molar-refractivity contribution in [3.63, 3.8) is 0 Å². The Bertz CT molecular complexity index is 627. The number of fused-ring (bicyclic) bond motifs is 1. The van der Waals surface area contributed by atoms with Gasteiger partial charge in [0.1, 0.15) is 0 Å². The number of carbonyl (C=O) groups excluding carboxylic acids is 1. The highest BCUT2D eigenvalue weighted by atomic mass is 32.1. The number of carbonyl (C=O) groups is 1. The lowest BCUT2D eigenvalue weighted by molar-refractivity contribution is 0.0922. The molecule has 2 aromatic rings. The fourth-order valence-corrected chi connectivity index (χ4v) is 3.68. The number of nitrogens with zero attached hydrogens (tertiary/aromatic N) is 1. The lowest BCUT2D eigenvalue weighted by atomic mass is 10.00. The molecule has 0 bridgehead atoms. The van der Waals surface area contributed by atoms with Gasteiger partial charge in [0, 0.05) is 23.5 Å². The summed E-state index contributed by atoms with van der Waals surface area (Å²) in [5.74, 6) is 0.734. The van der Waals surface area contributed by atoms with Crippen LogP contribution in [-0.4, -0.2) is 23.8 Å². The van der Waals surface area contributed by atoms with E-state index >= 15 is 0 Å². The summed E-state index contributed by atoms with van der Waals surface area (Å²) in [6.07, 6.45) is 1.08. The molecule has 0 N–H and O–H groups in total. The van der Waals surface area contributed by atoms with E-state index in [-0.39, 0.29) is 5.78 Å². The van der Waals surface area contributed by atoms with Crippen LogP contribution in [0.5, 0.6) is 0 Å². The highest BCUT2D eigenvalue weighted by Crippen LogP contribution is 2.24. The van der Waals surface area contributed by atoms with Gasteiger partial charge in [-0.2, -0.15) is 0 Å². The third-order valence-corrected chi connectivity index (χ3v) is 5.18. The molecule has 0 unspecified atom stereocenters. The predicted octanol–water partition coefficient (Wildman–Crippen LogP) is 4.11. The minimum absolute atomic E-state index is 0.226. The number of hydrogen-bond acceptors (Lipinski definition) is 3. The van der Waals surface area contributed by atoms with Crippen LogP contribution in [-0.2, 0) is 13.0 Å². The zero-order valence-corrected chi connectivity index (χ0v) is 13.5. The van der Waals surface area contributed by atoms with E-state index in [1.165, 1.54) is 16.0 Å². The molecule has 0 atom stereocenters. The number of Topliss-reactive ketones (excluding diaryl/α,β-unsaturated/α-hetero) is 1. The molecule has 1 aromatic heterocycles. The summed E-state index contributed by atoms with van der Waals surface area (Å²) in [7, 11) is 0. The molecule has 0 fully saturated rings. The number of hydrogen-bond donors (Lipinski definition) is 0. The molecule has 2 heterocycles. The van der Waals surface area contributed by atoms with Gasteiger partial charge in [-0.25, -0.2) is 0 Å². The maximum Gasteiger partial charge on any atom is 0.176 e. The van der Waals surface area contributed by atoms with Crippen molar-refractivity contribution in [1.29, 1.82) is 0 Å². The Balaban J connectivity index is 1.64. The summed E-state index contributed by atoms with van der Waals surface area (Å²) >= 11 is 1.84. The van der Waals surface area contributed by atoms with Crippen molar-refractivity contribution in [2.45, 2.75) is 32.7 Å². The summed E-state index contributed by atoms with van der Waals surface area (Å²) in [6, 6.07) is 10.3. The molecule has 1 aliphatic rings. The van der Waals surface area contributed by atoms with E-state index in [2.05, 4.69) is 42.3 Å². The van der Waals surface area contributed by atoms with Gasteiger partial charge in [0.2, 0.25) is 0 Å². The molecule has 0 aliphatic carbocycles. The van der Waals surface area contributed by atoms with Gasteiger partial charge >= 0.3 is 0 Å². The van der Waals surface area contributed by atoms with Crippen molar-refractivity contribution < 1.29 is 4.79 Å². The molecule has 0 saturated carbocycles. The first-order chi connectivity index (χ1) is 10.1. The number of benzene rings is 1. The van der Waals surface area contributed by atoms with E-state index in [1.54, 1.807) is 0 Å². The molecule has 1 aliphatic heterocycles. The van der Waals surface area contributed by atoms with Gasteiger partial charge in [0.25, 0.3) is 0 Å². The highest BCUT2D eigenvalue weighted by molar-refractivity contribution is 7.10. The largest absolute Gasteiger partial charge is 0.293 e. The second-order valence-electron chi connectivity index (χ2n) is 6.03. The molecular weight excluding hydrogens is 278 g/mol. The molecule has 110 valence electrons. The molecule has 0 amide bonds. The van der Waals surface area contributed by atoms with Crippen molar-refractivity contribution in [2.24, 2.45) is 0 Å². The zero-order valence-electron chi connectivity index (χ0n) is 12.6. The summed E-state index contributed by atoms with van der Waals surface area (Å²) < 4.78 is 0. The number of thiophene rings is 1. The molecular formula is C18H21NOS. The Morgan fingerprint density at radius 1 is 1.24 bits per heavy atom. The average molecular weight is 299 g/mol. The van der Waals surface area contributed by atoms with Gasteiger partial charge in [0.05, 0.1) is 6.54 Å². The molecule has 2 nitrogen and oxygen atoms in total. The monoisotopic (exact) mass is 299 g/mol. The van der Waals surface area contributed by atoms with Crippen LogP contribution in [0.25, 0.3) is 0 Å². The van der Waals surface area contributed by atoms with Gasteiger partial charge in [-0.1, -0.05) is 38.1 Å². The Morgan fingerprint density at radius 2 is 2.00 bits per heavy atom. The first kappa shape index (κ1) is 14.5. The number of ketones is 1. The Labute approximate surface area is 130 Å². The number of rotatable bonds is 4. The van der Waals surface area contributed by atoms with Crippen LogP contribution in [0, 0.1) is 0 Å². The van der Waals surface area contributed by atoms with Gasteiger partial charge in [-0.3, -0.25) is 9.69 Å². The first-order valence-corrected chi connectivity index (χ1v) is 8.42. The quantitative estimate of drug-likeness (QED) is 0.792. The molecule has 21 heavy (non-hydrogen) atoms. The third kappa shape index (κ3) is 3.25. The third-order valence-electron chi connectivity index (χ3n) is 4.15. The van der Waals surface area contributed by atoms with Gasteiger partial charge in [-0.05, 0) is 34.9 Å². The summed E-state index contributed by atoms with van der Waals surface area (Å²) in [4.78, 5) is 16.1. The predicted molar refractivity (Wildman–Crippen MR) is 88.2 cm³/mol. The van der Waals surface area contributed by atoms with Crippen LogP contribution < -0.4 is 0 Å². The Morgan fingerprint density at radius 3 is 2.71 bits per heavy atom. The summed E-state index contributed by atoms with van der Waals surface area (Å²) in [6.45, 7) is 6.76. The standard InChI is InChI=1S/C18H21NOS/c1-13(2)14-3-5-15(6-4-14)17(20)12-19-9-7-18-16(11-19)8-10-21-18/h3-6,8,10,13H,7,9,11-12H2,1-2H3. The van der Waals surface area contributed by atoms with Crippen LogP contribution in [0.15, 0.2) is 35.7 Å². The molecule has 3 heteroatoms. The zero-order chi connectivity index (χ0) is 14.8. The van der Waals surface area contributed by atoms with Crippen LogP contribution >= 0.6 is 11.3 Å². The van der Waals surface area contributed by atoms with Crippen molar-refractivity contribution >= 4 is 17.1 Å². The van der Waals surface area contributed by atoms with Gasteiger partial charge in [-0.15, -0.1) is 11.3 Å². The minimum atomic E-state index is 0.226. The second-order valence-corrected chi connectivity index (χ2v) is 7.03. The lowest BCUT2D eigenvalue weighted by Crippen LogP contribution is -2.34. The van der Waals surface area contributed by atoms with Crippen LogP contribution in [0.1, 0.15) is 46.1 Å². The SMILES string of the molecule is CC(C)c1ccc(C(=O)CN2CCc3sccc3C2)cc1. The van der Waals surface area contributed by atoms with Crippen molar-refractivity contribution in [1.82, 2.24) is 4.90 Å². The maximum atomic E-state index is 12.4. The van der Waals surface area contributed by atoms with E-state index in [1.807, 2.05) is 23.5 Å². The molecule has 0 radical (unpaired) electrons. The fourth-order valence-electron chi connectivity index (χ4n) is 2.79. The maximum absolute atomic E-state index is 12.4. The Kier molecular flexibility index (Phi) is 4.22. The normalized spacial score (nSPS) is 15.2. The van der Waals surface area contributed by atoms with Gasteiger partial charge < -0.3 is 0 Å². The first-order valence-electron chi connectivity index (χ1n) is 7.54. The van der Waals surface area contributed by atoms with Crippen molar-refractivity contribution in [3.8, 4) is 0 Å². The smallest absolute Gasteiger partial charge is 0.176 e. The minimum Gasteiger partial charge on any atom is -0.293 e. The van der Waals surface area contributed by atoms with E-state index in [0.29, 0.717) is 12.5 Å². The summed E-state index contributed by atoms with van der Waals surface area (Å²) in [5.41, 5.74) is 3.51. The van der Waals surface area contributed by atoms with Crippen LogP contribution in [0.4, 0.5) is 0 Å². The topological polar surface area (TPSA) is 20.3 Å². The molecule has 1 aromatic carbocycles. The van der Waals surface area contributed by atoms with Gasteiger partial charge in [0.15, 0.2) is 5.78 Å². The van der Waals surface area contributed by atoms with E-state index in [0.717, 1.165) is 25.1 Å². The fraction of sp³-hybridized carbons (Fsp3) is 0.389. The lowest BCUT2D eigenvalue weighted by Gasteiger charge is -2.26. The van der Waals surface area contributed by atoms with Crippen molar-refractivity contribution in [3.05, 3.63) is 57.3 Å². The average Bonchev–Trinajstić information content (AvgIpc) is 2.95. The van der Waals surface area contributed by atoms with E-state index in [9.17, 15) is 4.79 Å². The van der Waals surface area contributed by atoms with E-state index < -0.39 is 0 Å². The molecule has 0 spiro atoms. The molecule has 0 saturated heterocycles. The Hall–Kier alpha value is -1.45.